The van der Waals surface area contributed by atoms with Crippen molar-refractivity contribution >= 4 is 17.5 Å². The summed E-state index contributed by atoms with van der Waals surface area (Å²) in [5.74, 6) is -0.973. The van der Waals surface area contributed by atoms with Crippen LogP contribution in [0.5, 0.6) is 0 Å². The lowest BCUT2D eigenvalue weighted by Gasteiger charge is -2.06. The molecule has 0 unspecified atom stereocenters. The van der Waals surface area contributed by atoms with Crippen molar-refractivity contribution in [3.05, 3.63) is 34.4 Å². The first kappa shape index (κ1) is 13.8. The number of nitrogens with two attached hydrogens (primary N) is 1. The first-order chi connectivity index (χ1) is 8.90. The lowest BCUT2D eigenvalue weighted by molar-refractivity contribution is 0.437. The maximum Gasteiger partial charge on any atom is 0.225 e. The summed E-state index contributed by atoms with van der Waals surface area (Å²) in [5, 5.41) is 3.45. The van der Waals surface area contributed by atoms with E-state index in [1.165, 1.54) is 0 Å². The van der Waals surface area contributed by atoms with Gasteiger partial charge in [0.15, 0.2) is 0 Å². The lowest BCUT2D eigenvalue weighted by atomic mass is 9.99. The van der Waals surface area contributed by atoms with Gasteiger partial charge in [-0.2, -0.15) is 0 Å². The summed E-state index contributed by atoms with van der Waals surface area (Å²) in [6.45, 7) is 3.96. The third-order valence-electron chi connectivity index (χ3n) is 2.70. The van der Waals surface area contributed by atoms with E-state index < -0.39 is 11.6 Å². The smallest absolute Gasteiger partial charge is 0.225 e. The van der Waals surface area contributed by atoms with Gasteiger partial charge in [-0.3, -0.25) is 0 Å². The summed E-state index contributed by atoms with van der Waals surface area (Å²) in [5.41, 5.74) is 6.47. The van der Waals surface area contributed by atoms with Crippen molar-refractivity contribution in [2.45, 2.75) is 20.3 Å². The zero-order valence-electron chi connectivity index (χ0n) is 10.5. The minimum Gasteiger partial charge on any atom is -0.367 e. The normalized spacial score (nSPS) is 11.3. The van der Waals surface area contributed by atoms with Crippen LogP contribution in [0.15, 0.2) is 16.7 Å². The molecule has 0 fully saturated rings. The van der Waals surface area contributed by atoms with Gasteiger partial charge in [-0.05, 0) is 24.5 Å². The second-order valence-electron chi connectivity index (χ2n) is 4.72. The Kier molecular flexibility index (Phi) is 3.75. The van der Waals surface area contributed by atoms with Crippen molar-refractivity contribution in [2.24, 2.45) is 5.92 Å². The van der Waals surface area contributed by atoms with Crippen LogP contribution in [0.25, 0.3) is 11.3 Å². The summed E-state index contributed by atoms with van der Waals surface area (Å²) in [6, 6.07) is 1.91. The van der Waals surface area contributed by atoms with Crippen molar-refractivity contribution < 1.29 is 13.3 Å². The Bertz CT molecular complexity index is 611. The molecule has 6 heteroatoms. The second kappa shape index (κ2) is 5.17. The number of halogens is 3. The highest BCUT2D eigenvalue weighted by Crippen LogP contribution is 2.33. The van der Waals surface area contributed by atoms with E-state index in [1.807, 2.05) is 13.8 Å². The van der Waals surface area contributed by atoms with Gasteiger partial charge in [-0.1, -0.05) is 30.6 Å². The molecule has 3 nitrogen and oxygen atoms in total. The minimum absolute atomic E-state index is 0.00185. The number of anilines is 1. The molecule has 0 aliphatic heterocycles. The van der Waals surface area contributed by atoms with Crippen LogP contribution in [-0.4, -0.2) is 5.16 Å². The Morgan fingerprint density at radius 3 is 2.63 bits per heavy atom. The largest absolute Gasteiger partial charge is 0.367 e. The first-order valence-electron chi connectivity index (χ1n) is 5.79. The molecule has 1 aromatic heterocycles. The highest BCUT2D eigenvalue weighted by Gasteiger charge is 2.20. The molecule has 0 radical (unpaired) electrons. The maximum absolute atomic E-state index is 13.9. The Morgan fingerprint density at radius 2 is 2.00 bits per heavy atom. The highest BCUT2D eigenvalue weighted by atomic mass is 35.5. The summed E-state index contributed by atoms with van der Waals surface area (Å²) < 4.78 is 32.2. The summed E-state index contributed by atoms with van der Waals surface area (Å²) >= 11 is 5.52. The van der Waals surface area contributed by atoms with E-state index >= 15 is 0 Å². The number of hydrogen-bond donors (Lipinski definition) is 1. The maximum atomic E-state index is 13.9. The average molecular weight is 287 g/mol. The number of rotatable bonds is 3. The Morgan fingerprint density at radius 1 is 1.32 bits per heavy atom. The minimum atomic E-state index is -0.713. The fraction of sp³-hybridized carbons (Fsp3) is 0.308. The summed E-state index contributed by atoms with van der Waals surface area (Å²) in [4.78, 5) is 0. The topological polar surface area (TPSA) is 52.0 Å². The Balaban J connectivity index is 2.56. The number of benzene rings is 1. The number of nitrogens with zero attached hydrogens (tertiary/aromatic N) is 1. The molecule has 102 valence electrons. The molecule has 1 heterocycles. The second-order valence-corrected chi connectivity index (χ2v) is 5.13. The van der Waals surface area contributed by atoms with E-state index in [2.05, 4.69) is 5.16 Å². The van der Waals surface area contributed by atoms with Gasteiger partial charge in [0.1, 0.15) is 17.3 Å². The van der Waals surface area contributed by atoms with Crippen LogP contribution in [0, 0.1) is 17.6 Å². The van der Waals surface area contributed by atoms with E-state index in [1.54, 1.807) is 0 Å². The molecule has 2 N–H and O–H groups in total. The van der Waals surface area contributed by atoms with Crippen molar-refractivity contribution in [2.75, 3.05) is 5.73 Å². The Labute approximate surface area is 114 Å². The van der Waals surface area contributed by atoms with E-state index in [-0.39, 0.29) is 28.1 Å². The monoisotopic (exact) mass is 286 g/mol. The predicted octanol–water partition coefficient (Wildman–Crippen LogP) is 4.05. The molecule has 0 spiro atoms. The standard InChI is InChI=1S/C13H13ClF2N2O/c1-6(2)3-8-12(18-19-13(8)17)7-4-11(16)9(14)5-10(7)15/h4-6H,3,17H2,1-2H3. The highest BCUT2D eigenvalue weighted by molar-refractivity contribution is 6.30. The molecule has 0 amide bonds. The number of hydrogen-bond acceptors (Lipinski definition) is 3. The first-order valence-corrected chi connectivity index (χ1v) is 6.17. The van der Waals surface area contributed by atoms with E-state index in [9.17, 15) is 8.78 Å². The van der Waals surface area contributed by atoms with Gasteiger partial charge >= 0.3 is 0 Å². The summed E-state index contributed by atoms with van der Waals surface area (Å²) in [7, 11) is 0. The molecule has 0 bridgehead atoms. The van der Waals surface area contributed by atoms with Crippen LogP contribution in [0.4, 0.5) is 14.7 Å². The average Bonchev–Trinajstić information content (AvgIpc) is 2.65. The number of aromatic nitrogens is 1. The van der Waals surface area contributed by atoms with Crippen LogP contribution < -0.4 is 5.73 Å². The van der Waals surface area contributed by atoms with E-state index in [0.717, 1.165) is 12.1 Å². The van der Waals surface area contributed by atoms with Gasteiger partial charge in [0.2, 0.25) is 5.88 Å². The van der Waals surface area contributed by atoms with Crippen LogP contribution >= 0.6 is 11.6 Å². The third kappa shape index (κ3) is 2.71. The SMILES string of the molecule is CC(C)Cc1c(-c2cc(F)c(Cl)cc2F)noc1N. The van der Waals surface area contributed by atoms with Gasteiger partial charge in [0.05, 0.1) is 5.02 Å². The fourth-order valence-corrected chi connectivity index (χ4v) is 1.99. The van der Waals surface area contributed by atoms with Gasteiger partial charge in [0.25, 0.3) is 0 Å². The van der Waals surface area contributed by atoms with Gasteiger partial charge in [-0.25, -0.2) is 8.78 Å². The van der Waals surface area contributed by atoms with Crippen molar-refractivity contribution in [3.8, 4) is 11.3 Å². The molecule has 0 aliphatic rings. The molecule has 0 saturated heterocycles. The van der Waals surface area contributed by atoms with Crippen LogP contribution in [0.2, 0.25) is 5.02 Å². The van der Waals surface area contributed by atoms with Crippen LogP contribution in [-0.2, 0) is 6.42 Å². The van der Waals surface area contributed by atoms with Crippen LogP contribution in [0.1, 0.15) is 19.4 Å². The van der Waals surface area contributed by atoms with Gasteiger partial charge < -0.3 is 10.3 Å². The van der Waals surface area contributed by atoms with Gasteiger partial charge in [0, 0.05) is 11.1 Å². The molecule has 0 atom stereocenters. The zero-order chi connectivity index (χ0) is 14.2. The zero-order valence-corrected chi connectivity index (χ0v) is 11.3. The summed E-state index contributed by atoms with van der Waals surface area (Å²) in [6.07, 6.45) is 0.564. The van der Waals surface area contributed by atoms with E-state index in [4.69, 9.17) is 21.9 Å². The quantitative estimate of drug-likeness (QED) is 0.866. The van der Waals surface area contributed by atoms with Gasteiger partial charge in [-0.15, -0.1) is 0 Å². The molecule has 1 aromatic carbocycles. The Hall–Kier alpha value is -1.62. The number of nitrogen functional groups attached to an aromatic ring is 1. The van der Waals surface area contributed by atoms with Crippen molar-refractivity contribution in [1.29, 1.82) is 0 Å². The molecule has 19 heavy (non-hydrogen) atoms. The molecule has 0 saturated carbocycles. The van der Waals surface area contributed by atoms with Crippen molar-refractivity contribution in [3.63, 3.8) is 0 Å². The predicted molar refractivity (Wildman–Crippen MR) is 69.8 cm³/mol. The molecular weight excluding hydrogens is 274 g/mol. The molecule has 2 rings (SSSR count). The molecule has 0 aliphatic carbocycles. The van der Waals surface area contributed by atoms with E-state index in [0.29, 0.717) is 12.0 Å². The fourth-order valence-electron chi connectivity index (χ4n) is 1.84. The lowest BCUT2D eigenvalue weighted by Crippen LogP contribution is -1.99. The molecule has 2 aromatic rings. The van der Waals surface area contributed by atoms with Crippen LogP contribution in [0.3, 0.4) is 0 Å². The van der Waals surface area contributed by atoms with Crippen molar-refractivity contribution in [1.82, 2.24) is 5.16 Å². The third-order valence-corrected chi connectivity index (χ3v) is 2.99. The molecular formula is C13H13ClF2N2O.